The van der Waals surface area contributed by atoms with Gasteiger partial charge in [0.2, 0.25) is 5.91 Å². The first kappa shape index (κ1) is 14.4. The van der Waals surface area contributed by atoms with Crippen molar-refractivity contribution in [2.24, 2.45) is 5.92 Å². The van der Waals surface area contributed by atoms with Gasteiger partial charge in [0.25, 0.3) is 0 Å². The number of piperidine rings is 1. The molecule has 0 radical (unpaired) electrons. The van der Waals surface area contributed by atoms with Gasteiger partial charge in [-0.15, -0.1) is 0 Å². The Hall–Kier alpha value is -1.55. The highest BCUT2D eigenvalue weighted by Crippen LogP contribution is 2.28. The second-order valence-corrected chi connectivity index (χ2v) is 6.18. The second-order valence-electron chi connectivity index (χ2n) is 6.18. The van der Waals surface area contributed by atoms with Crippen LogP contribution in [0, 0.1) is 5.92 Å². The maximum Gasteiger partial charge on any atom is 0.224 e. The monoisotopic (exact) mass is 287 g/mol. The summed E-state index contributed by atoms with van der Waals surface area (Å²) in [6.45, 7) is 4.21. The maximum atomic E-state index is 12.2. The Kier molecular flexibility index (Phi) is 4.76. The molecule has 0 bridgehead atoms. The van der Waals surface area contributed by atoms with E-state index in [1.54, 1.807) is 0 Å². The van der Waals surface area contributed by atoms with E-state index in [0.29, 0.717) is 12.3 Å². The highest BCUT2D eigenvalue weighted by atomic mass is 16.1. The third-order valence-corrected chi connectivity index (χ3v) is 4.51. The van der Waals surface area contributed by atoms with Crippen LogP contribution in [0.15, 0.2) is 24.3 Å². The Bertz CT molecular complexity index is 477. The molecule has 4 heteroatoms. The summed E-state index contributed by atoms with van der Waals surface area (Å²) in [6.07, 6.45) is 5.55. The summed E-state index contributed by atoms with van der Waals surface area (Å²) < 4.78 is 0. The van der Waals surface area contributed by atoms with Gasteiger partial charge in [0.1, 0.15) is 0 Å². The number of hydrogen-bond acceptors (Lipinski definition) is 3. The van der Waals surface area contributed by atoms with Gasteiger partial charge in [-0.2, -0.15) is 0 Å². The van der Waals surface area contributed by atoms with Gasteiger partial charge in [0, 0.05) is 19.5 Å². The standard InChI is InChI=1S/C17H25N3O/c21-17(12-14-8-9-18-13-14)19-15-6-2-3-7-16(15)20-10-4-1-5-11-20/h2-3,6-7,14,18H,1,4-5,8-13H2,(H,19,21). The minimum Gasteiger partial charge on any atom is -0.370 e. The summed E-state index contributed by atoms with van der Waals surface area (Å²) in [4.78, 5) is 14.6. The molecule has 2 aliphatic heterocycles. The van der Waals surface area contributed by atoms with Gasteiger partial charge in [-0.1, -0.05) is 12.1 Å². The first-order valence-electron chi connectivity index (χ1n) is 8.17. The van der Waals surface area contributed by atoms with E-state index in [2.05, 4.69) is 27.7 Å². The smallest absolute Gasteiger partial charge is 0.224 e. The molecule has 2 saturated heterocycles. The zero-order valence-corrected chi connectivity index (χ0v) is 12.6. The molecule has 1 aromatic carbocycles. The maximum absolute atomic E-state index is 12.2. The normalized spacial score (nSPS) is 22.3. The number of para-hydroxylation sites is 2. The minimum atomic E-state index is 0.146. The number of hydrogen-bond donors (Lipinski definition) is 2. The number of carbonyl (C=O) groups excluding carboxylic acids is 1. The average molecular weight is 287 g/mol. The SMILES string of the molecule is O=C(CC1CCNC1)Nc1ccccc1N1CCCCC1. The molecule has 1 amide bonds. The highest BCUT2D eigenvalue weighted by molar-refractivity contribution is 5.94. The molecular weight excluding hydrogens is 262 g/mol. The van der Waals surface area contributed by atoms with Crippen LogP contribution in [-0.2, 0) is 4.79 Å². The zero-order chi connectivity index (χ0) is 14.5. The van der Waals surface area contributed by atoms with Crippen molar-refractivity contribution in [1.82, 2.24) is 5.32 Å². The number of carbonyl (C=O) groups is 1. The molecule has 2 N–H and O–H groups in total. The largest absolute Gasteiger partial charge is 0.370 e. The van der Waals surface area contributed by atoms with Crippen LogP contribution in [0.2, 0.25) is 0 Å². The second kappa shape index (κ2) is 6.94. The van der Waals surface area contributed by atoms with Crippen molar-refractivity contribution in [3.8, 4) is 0 Å². The molecule has 0 spiro atoms. The topological polar surface area (TPSA) is 44.4 Å². The third-order valence-electron chi connectivity index (χ3n) is 4.51. The van der Waals surface area contributed by atoms with Gasteiger partial charge in [0.05, 0.1) is 11.4 Å². The van der Waals surface area contributed by atoms with Crippen LogP contribution in [0.5, 0.6) is 0 Å². The van der Waals surface area contributed by atoms with Crippen LogP contribution >= 0.6 is 0 Å². The zero-order valence-electron chi connectivity index (χ0n) is 12.6. The number of nitrogens with zero attached hydrogens (tertiary/aromatic N) is 1. The molecule has 1 unspecified atom stereocenters. The summed E-state index contributed by atoms with van der Waals surface area (Å²) in [5, 5.41) is 6.44. The lowest BCUT2D eigenvalue weighted by molar-refractivity contribution is -0.116. The molecule has 3 rings (SSSR count). The molecule has 1 aromatic rings. The Morgan fingerprint density at radius 3 is 2.81 bits per heavy atom. The highest BCUT2D eigenvalue weighted by Gasteiger charge is 2.20. The molecule has 114 valence electrons. The van der Waals surface area contributed by atoms with E-state index in [4.69, 9.17) is 0 Å². The van der Waals surface area contributed by atoms with Crippen molar-refractivity contribution in [2.45, 2.75) is 32.1 Å². The first-order valence-corrected chi connectivity index (χ1v) is 8.17. The molecule has 0 saturated carbocycles. The molecule has 0 aliphatic carbocycles. The van der Waals surface area contributed by atoms with Crippen LogP contribution in [0.3, 0.4) is 0 Å². The fourth-order valence-corrected chi connectivity index (χ4v) is 3.34. The summed E-state index contributed by atoms with van der Waals surface area (Å²) in [6, 6.07) is 8.20. The van der Waals surface area contributed by atoms with Gasteiger partial charge in [-0.05, 0) is 56.8 Å². The number of benzene rings is 1. The fraction of sp³-hybridized carbons (Fsp3) is 0.588. The number of anilines is 2. The third kappa shape index (κ3) is 3.76. The van der Waals surface area contributed by atoms with Crippen LogP contribution < -0.4 is 15.5 Å². The average Bonchev–Trinajstić information content (AvgIpc) is 3.01. The quantitative estimate of drug-likeness (QED) is 0.894. The summed E-state index contributed by atoms with van der Waals surface area (Å²) >= 11 is 0. The van der Waals surface area contributed by atoms with Gasteiger partial charge in [-0.25, -0.2) is 0 Å². The molecule has 2 aliphatic rings. The molecule has 2 heterocycles. The van der Waals surface area contributed by atoms with Crippen LogP contribution in [0.25, 0.3) is 0 Å². The lowest BCUT2D eigenvalue weighted by Gasteiger charge is -2.30. The van der Waals surface area contributed by atoms with Crippen molar-refractivity contribution < 1.29 is 4.79 Å². The number of nitrogens with one attached hydrogen (secondary N) is 2. The van der Waals surface area contributed by atoms with Crippen LogP contribution in [0.1, 0.15) is 32.1 Å². The molecule has 4 nitrogen and oxygen atoms in total. The van der Waals surface area contributed by atoms with Crippen molar-refractivity contribution in [3.63, 3.8) is 0 Å². The van der Waals surface area contributed by atoms with E-state index in [1.165, 1.54) is 24.9 Å². The van der Waals surface area contributed by atoms with Gasteiger partial charge >= 0.3 is 0 Å². The Balaban J connectivity index is 1.65. The van der Waals surface area contributed by atoms with E-state index in [-0.39, 0.29) is 5.91 Å². The summed E-state index contributed by atoms with van der Waals surface area (Å²) in [5.74, 6) is 0.639. The molecule has 1 atom stereocenters. The molecular formula is C17H25N3O. The first-order chi connectivity index (χ1) is 10.3. The predicted octanol–water partition coefficient (Wildman–Crippen LogP) is 2.62. The number of rotatable bonds is 4. The van der Waals surface area contributed by atoms with Gasteiger partial charge < -0.3 is 15.5 Å². The minimum absolute atomic E-state index is 0.146. The van der Waals surface area contributed by atoms with E-state index < -0.39 is 0 Å². The molecule has 0 aromatic heterocycles. The summed E-state index contributed by atoms with van der Waals surface area (Å²) in [5.41, 5.74) is 2.14. The van der Waals surface area contributed by atoms with Crippen LogP contribution in [0.4, 0.5) is 11.4 Å². The Morgan fingerprint density at radius 2 is 2.05 bits per heavy atom. The molecule has 21 heavy (non-hydrogen) atoms. The Morgan fingerprint density at radius 1 is 1.24 bits per heavy atom. The van der Waals surface area contributed by atoms with Crippen molar-refractivity contribution in [1.29, 1.82) is 0 Å². The van der Waals surface area contributed by atoms with E-state index in [9.17, 15) is 4.79 Å². The van der Waals surface area contributed by atoms with Gasteiger partial charge in [-0.3, -0.25) is 4.79 Å². The number of amides is 1. The van der Waals surface area contributed by atoms with Crippen molar-refractivity contribution in [3.05, 3.63) is 24.3 Å². The lowest BCUT2D eigenvalue weighted by Crippen LogP contribution is -2.30. The fourth-order valence-electron chi connectivity index (χ4n) is 3.34. The van der Waals surface area contributed by atoms with Crippen molar-refractivity contribution >= 4 is 17.3 Å². The van der Waals surface area contributed by atoms with E-state index in [0.717, 1.165) is 38.3 Å². The molecule has 2 fully saturated rings. The summed E-state index contributed by atoms with van der Waals surface area (Å²) in [7, 11) is 0. The lowest BCUT2D eigenvalue weighted by atomic mass is 10.0. The van der Waals surface area contributed by atoms with Crippen molar-refractivity contribution in [2.75, 3.05) is 36.4 Å². The Labute approximate surface area is 126 Å². The van der Waals surface area contributed by atoms with Gasteiger partial charge in [0.15, 0.2) is 0 Å². The van der Waals surface area contributed by atoms with E-state index in [1.807, 2.05) is 12.1 Å². The van der Waals surface area contributed by atoms with E-state index >= 15 is 0 Å². The van der Waals surface area contributed by atoms with Crippen LogP contribution in [-0.4, -0.2) is 32.1 Å². The predicted molar refractivity (Wildman–Crippen MR) is 86.7 cm³/mol.